The zero-order valence-electron chi connectivity index (χ0n) is 19.3. The molecule has 0 aliphatic heterocycles. The second-order valence-electron chi connectivity index (χ2n) is 7.64. The lowest BCUT2D eigenvalue weighted by molar-refractivity contribution is 0.0755. The largest absolute Gasteiger partial charge is 0.491 e. The van der Waals surface area contributed by atoms with Crippen molar-refractivity contribution in [2.75, 3.05) is 18.4 Å². The summed E-state index contributed by atoms with van der Waals surface area (Å²) in [6.07, 6.45) is 2.88. The fraction of sp³-hybridized carbons (Fsp3) is 0.400. The van der Waals surface area contributed by atoms with E-state index in [-0.39, 0.29) is 23.0 Å². The van der Waals surface area contributed by atoms with Crippen LogP contribution in [0.1, 0.15) is 67.7 Å². The van der Waals surface area contributed by atoms with E-state index in [0.29, 0.717) is 16.8 Å². The quantitative estimate of drug-likeness (QED) is 0.479. The number of hydrogen-bond donors (Lipinski definition) is 2. The molecule has 0 spiro atoms. The average Bonchev–Trinajstić information content (AvgIpc) is 2.79. The van der Waals surface area contributed by atoms with Crippen molar-refractivity contribution in [2.45, 2.75) is 53.1 Å². The molecule has 0 aliphatic rings. The molecule has 7 heteroatoms. The highest BCUT2D eigenvalue weighted by Crippen LogP contribution is 2.15. The Balaban J connectivity index is 1.92. The Kier molecular flexibility index (Phi) is 10.1. The van der Waals surface area contributed by atoms with Crippen LogP contribution in [0.4, 0.5) is 5.69 Å². The molecule has 0 saturated heterocycles. The minimum absolute atomic E-state index is 0.0249. The van der Waals surface area contributed by atoms with Crippen LogP contribution in [0.15, 0.2) is 48.5 Å². The van der Waals surface area contributed by atoms with Gasteiger partial charge in [-0.1, -0.05) is 20.8 Å². The van der Waals surface area contributed by atoms with Gasteiger partial charge in [0.15, 0.2) is 5.11 Å². The van der Waals surface area contributed by atoms with E-state index < -0.39 is 0 Å². The van der Waals surface area contributed by atoms with Crippen molar-refractivity contribution in [1.82, 2.24) is 10.2 Å². The highest BCUT2D eigenvalue weighted by atomic mass is 32.1. The van der Waals surface area contributed by atoms with Crippen LogP contribution < -0.4 is 15.4 Å². The number of benzene rings is 2. The monoisotopic (exact) mass is 455 g/mol. The van der Waals surface area contributed by atoms with Crippen LogP contribution in [0.3, 0.4) is 0 Å². The molecule has 0 fully saturated rings. The number of ether oxygens (including phenoxy) is 1. The highest BCUT2D eigenvalue weighted by Gasteiger charge is 2.14. The maximum atomic E-state index is 12.7. The Hall–Kier alpha value is -2.93. The smallest absolute Gasteiger partial charge is 0.257 e. The lowest BCUT2D eigenvalue weighted by atomic mass is 10.1. The van der Waals surface area contributed by atoms with Crippen molar-refractivity contribution in [3.05, 3.63) is 59.7 Å². The maximum Gasteiger partial charge on any atom is 0.257 e. The molecule has 0 aliphatic carbocycles. The van der Waals surface area contributed by atoms with Gasteiger partial charge in [0.1, 0.15) is 5.75 Å². The first-order chi connectivity index (χ1) is 15.4. The standard InChI is InChI=1S/C25H33N3O3S/c1-5-16-28(17-6-2)24(30)20-8-12-21(13-9-20)26-25(32)27-23(29)19-10-14-22(15-11-19)31-18(4)7-3/h8-15,18H,5-7,16-17H2,1-4H3,(H2,26,27,29,32). The Morgan fingerprint density at radius 1 is 0.938 bits per heavy atom. The van der Waals surface area contributed by atoms with Gasteiger partial charge >= 0.3 is 0 Å². The van der Waals surface area contributed by atoms with Gasteiger partial charge in [-0.2, -0.15) is 0 Å². The molecule has 0 radical (unpaired) electrons. The number of nitrogens with zero attached hydrogens (tertiary/aromatic N) is 1. The first-order valence-electron chi connectivity index (χ1n) is 11.2. The van der Waals surface area contributed by atoms with Gasteiger partial charge < -0.3 is 15.0 Å². The third-order valence-corrected chi connectivity index (χ3v) is 5.12. The van der Waals surface area contributed by atoms with E-state index in [9.17, 15) is 9.59 Å². The topological polar surface area (TPSA) is 70.7 Å². The fourth-order valence-electron chi connectivity index (χ4n) is 3.07. The van der Waals surface area contributed by atoms with Gasteiger partial charge in [0, 0.05) is 29.9 Å². The van der Waals surface area contributed by atoms with Crippen LogP contribution in [-0.4, -0.2) is 41.0 Å². The predicted octanol–water partition coefficient (Wildman–Crippen LogP) is 5.25. The summed E-state index contributed by atoms with van der Waals surface area (Å²) in [6.45, 7) is 9.67. The van der Waals surface area contributed by atoms with E-state index in [2.05, 4.69) is 31.4 Å². The maximum absolute atomic E-state index is 12.7. The average molecular weight is 456 g/mol. The van der Waals surface area contributed by atoms with E-state index in [1.807, 2.05) is 11.8 Å². The summed E-state index contributed by atoms with van der Waals surface area (Å²) >= 11 is 5.26. The summed E-state index contributed by atoms with van der Waals surface area (Å²) < 4.78 is 5.73. The molecule has 0 aromatic heterocycles. The number of nitrogens with one attached hydrogen (secondary N) is 2. The van der Waals surface area contributed by atoms with Crippen molar-refractivity contribution < 1.29 is 14.3 Å². The minimum atomic E-state index is -0.306. The van der Waals surface area contributed by atoms with Gasteiger partial charge in [-0.25, -0.2) is 0 Å². The van der Waals surface area contributed by atoms with Gasteiger partial charge in [-0.3, -0.25) is 14.9 Å². The zero-order chi connectivity index (χ0) is 23.5. The Labute approximate surface area is 196 Å². The van der Waals surface area contributed by atoms with Crippen molar-refractivity contribution in [3.8, 4) is 5.75 Å². The summed E-state index contributed by atoms with van der Waals surface area (Å²) in [7, 11) is 0. The van der Waals surface area contributed by atoms with Crippen molar-refractivity contribution >= 4 is 34.8 Å². The van der Waals surface area contributed by atoms with Crippen LogP contribution in [0.25, 0.3) is 0 Å². The second kappa shape index (κ2) is 12.8. The lowest BCUT2D eigenvalue weighted by Crippen LogP contribution is -2.34. The minimum Gasteiger partial charge on any atom is -0.491 e. The molecule has 2 aromatic carbocycles. The molecular weight excluding hydrogens is 422 g/mol. The van der Waals surface area contributed by atoms with Crippen LogP contribution in [0, 0.1) is 0 Å². The predicted molar refractivity (Wildman–Crippen MR) is 133 cm³/mol. The third-order valence-electron chi connectivity index (χ3n) is 4.92. The molecule has 2 aromatic rings. The Morgan fingerprint density at radius 3 is 2.03 bits per heavy atom. The van der Waals surface area contributed by atoms with Crippen LogP contribution in [0.5, 0.6) is 5.75 Å². The number of thiocarbonyl (C=S) groups is 1. The highest BCUT2D eigenvalue weighted by molar-refractivity contribution is 7.80. The third kappa shape index (κ3) is 7.64. The summed E-state index contributed by atoms with van der Waals surface area (Å²) in [6, 6.07) is 14.0. The first kappa shape index (κ1) is 25.3. The number of carbonyl (C=O) groups is 2. The molecule has 1 unspecified atom stereocenters. The fourth-order valence-corrected chi connectivity index (χ4v) is 3.28. The summed E-state index contributed by atoms with van der Waals surface area (Å²) in [4.78, 5) is 27.0. The van der Waals surface area contributed by atoms with Crippen molar-refractivity contribution in [2.24, 2.45) is 0 Å². The summed E-state index contributed by atoms with van der Waals surface area (Å²) in [5, 5.41) is 5.84. The van der Waals surface area contributed by atoms with Gasteiger partial charge in [0.25, 0.3) is 11.8 Å². The molecule has 32 heavy (non-hydrogen) atoms. The Bertz CT molecular complexity index is 892. The molecule has 2 N–H and O–H groups in total. The molecule has 1 atom stereocenters. The first-order valence-corrected chi connectivity index (χ1v) is 11.6. The normalized spacial score (nSPS) is 11.4. The van der Waals surface area contributed by atoms with E-state index in [0.717, 1.165) is 38.1 Å². The Morgan fingerprint density at radius 2 is 1.50 bits per heavy atom. The molecule has 2 amide bonds. The van der Waals surface area contributed by atoms with E-state index in [1.165, 1.54) is 0 Å². The number of anilines is 1. The van der Waals surface area contributed by atoms with E-state index >= 15 is 0 Å². The van der Waals surface area contributed by atoms with Crippen LogP contribution in [0.2, 0.25) is 0 Å². The molecule has 6 nitrogen and oxygen atoms in total. The van der Waals surface area contributed by atoms with Crippen molar-refractivity contribution in [1.29, 1.82) is 0 Å². The molecule has 0 bridgehead atoms. The SMILES string of the molecule is CCCN(CCC)C(=O)c1ccc(NC(=S)NC(=O)c2ccc(OC(C)CC)cc2)cc1. The number of carbonyl (C=O) groups excluding carboxylic acids is 2. The molecule has 172 valence electrons. The van der Waals surface area contributed by atoms with Gasteiger partial charge in [-0.15, -0.1) is 0 Å². The summed E-state index contributed by atoms with van der Waals surface area (Å²) in [5.74, 6) is 0.443. The van der Waals surface area contributed by atoms with Crippen LogP contribution in [-0.2, 0) is 0 Å². The van der Waals surface area contributed by atoms with E-state index in [4.69, 9.17) is 17.0 Å². The zero-order valence-corrected chi connectivity index (χ0v) is 20.1. The number of amides is 2. The molecule has 0 heterocycles. The summed E-state index contributed by atoms with van der Waals surface area (Å²) in [5.41, 5.74) is 1.81. The number of rotatable bonds is 10. The molecule has 2 rings (SSSR count). The number of hydrogen-bond acceptors (Lipinski definition) is 4. The lowest BCUT2D eigenvalue weighted by Gasteiger charge is -2.21. The molecular formula is C25H33N3O3S. The van der Waals surface area contributed by atoms with E-state index in [1.54, 1.807) is 48.5 Å². The van der Waals surface area contributed by atoms with Gasteiger partial charge in [0.2, 0.25) is 0 Å². The van der Waals surface area contributed by atoms with Crippen molar-refractivity contribution in [3.63, 3.8) is 0 Å². The van der Waals surface area contributed by atoms with Gasteiger partial charge in [0.05, 0.1) is 6.10 Å². The second-order valence-corrected chi connectivity index (χ2v) is 8.05. The molecule has 0 saturated carbocycles. The van der Waals surface area contributed by atoms with Crippen LogP contribution >= 0.6 is 12.2 Å². The van der Waals surface area contributed by atoms with Gasteiger partial charge in [-0.05, 0) is 86.9 Å².